The standard InChI is InChI=1S/C20H23N5O/c1-4-18(16-10-12-21-13-11-16)24(3)20(26)22-19-15(2)14-25(23-19)17-8-6-5-7-9-17/h5-14,18H,4H2,1-3H3,(H,22,23,26)/t18-/m0/s1. The van der Waals surface area contributed by atoms with E-state index in [0.29, 0.717) is 5.82 Å². The molecule has 2 heterocycles. The molecule has 0 saturated heterocycles. The molecule has 6 heteroatoms. The number of nitrogens with one attached hydrogen (secondary N) is 1. The first-order valence-corrected chi connectivity index (χ1v) is 8.65. The van der Waals surface area contributed by atoms with Crippen LogP contribution in [0.2, 0.25) is 0 Å². The summed E-state index contributed by atoms with van der Waals surface area (Å²) >= 11 is 0. The molecule has 0 fully saturated rings. The molecule has 0 radical (unpaired) electrons. The van der Waals surface area contributed by atoms with E-state index in [1.54, 1.807) is 29.0 Å². The molecule has 0 aliphatic carbocycles. The molecule has 0 unspecified atom stereocenters. The maximum atomic E-state index is 12.7. The molecule has 0 saturated carbocycles. The van der Waals surface area contributed by atoms with Gasteiger partial charge in [-0.05, 0) is 43.2 Å². The summed E-state index contributed by atoms with van der Waals surface area (Å²) in [4.78, 5) is 18.5. The van der Waals surface area contributed by atoms with Crippen molar-refractivity contribution in [3.8, 4) is 5.69 Å². The molecule has 2 aromatic heterocycles. The molecule has 6 nitrogen and oxygen atoms in total. The van der Waals surface area contributed by atoms with Crippen LogP contribution in [0.4, 0.5) is 10.6 Å². The monoisotopic (exact) mass is 349 g/mol. The van der Waals surface area contributed by atoms with E-state index in [4.69, 9.17) is 0 Å². The van der Waals surface area contributed by atoms with Gasteiger partial charge in [0.2, 0.25) is 0 Å². The van der Waals surface area contributed by atoms with E-state index in [0.717, 1.165) is 23.2 Å². The number of nitrogens with zero attached hydrogens (tertiary/aromatic N) is 4. The van der Waals surface area contributed by atoms with Crippen molar-refractivity contribution in [1.29, 1.82) is 0 Å². The van der Waals surface area contributed by atoms with E-state index in [9.17, 15) is 4.79 Å². The number of amides is 2. The minimum absolute atomic E-state index is 0.0190. The van der Waals surface area contributed by atoms with Crippen LogP contribution in [0.5, 0.6) is 0 Å². The van der Waals surface area contributed by atoms with Gasteiger partial charge in [-0.2, -0.15) is 0 Å². The fourth-order valence-corrected chi connectivity index (χ4v) is 2.95. The Morgan fingerprint density at radius 3 is 2.54 bits per heavy atom. The lowest BCUT2D eigenvalue weighted by Gasteiger charge is -2.27. The van der Waals surface area contributed by atoms with E-state index in [2.05, 4.69) is 22.3 Å². The van der Waals surface area contributed by atoms with Crippen LogP contribution in [0.25, 0.3) is 5.69 Å². The van der Waals surface area contributed by atoms with Gasteiger partial charge >= 0.3 is 6.03 Å². The summed E-state index contributed by atoms with van der Waals surface area (Å²) in [6.07, 6.45) is 6.21. The van der Waals surface area contributed by atoms with Crippen LogP contribution in [0.1, 0.15) is 30.5 Å². The molecule has 0 spiro atoms. The zero-order chi connectivity index (χ0) is 18.5. The quantitative estimate of drug-likeness (QED) is 0.751. The average molecular weight is 349 g/mol. The topological polar surface area (TPSA) is 63.1 Å². The molecule has 2 amide bonds. The van der Waals surface area contributed by atoms with Gasteiger partial charge in [0.05, 0.1) is 11.7 Å². The van der Waals surface area contributed by atoms with Gasteiger partial charge in [0.25, 0.3) is 0 Å². The van der Waals surface area contributed by atoms with Gasteiger partial charge in [-0.15, -0.1) is 5.10 Å². The molecule has 3 aromatic rings. The highest BCUT2D eigenvalue weighted by molar-refractivity contribution is 5.89. The first-order chi connectivity index (χ1) is 12.6. The van der Waals surface area contributed by atoms with Crippen LogP contribution >= 0.6 is 0 Å². The van der Waals surface area contributed by atoms with Crippen LogP contribution < -0.4 is 5.32 Å². The molecule has 134 valence electrons. The molecular formula is C20H23N5O. The highest BCUT2D eigenvalue weighted by Gasteiger charge is 2.21. The zero-order valence-corrected chi connectivity index (χ0v) is 15.3. The number of anilines is 1. The van der Waals surface area contributed by atoms with Gasteiger partial charge in [-0.3, -0.25) is 10.3 Å². The fraction of sp³-hybridized carbons (Fsp3) is 0.250. The van der Waals surface area contributed by atoms with E-state index in [-0.39, 0.29) is 12.1 Å². The summed E-state index contributed by atoms with van der Waals surface area (Å²) in [6.45, 7) is 3.99. The SMILES string of the molecule is CC[C@@H](c1ccncc1)N(C)C(=O)Nc1nn(-c2ccccc2)cc1C. The van der Waals surface area contributed by atoms with Crippen molar-refractivity contribution in [2.75, 3.05) is 12.4 Å². The molecule has 1 atom stereocenters. The summed E-state index contributed by atoms with van der Waals surface area (Å²) in [7, 11) is 1.80. The van der Waals surface area contributed by atoms with Gasteiger partial charge in [0.1, 0.15) is 0 Å². The van der Waals surface area contributed by atoms with Gasteiger partial charge in [-0.1, -0.05) is 25.1 Å². The lowest BCUT2D eigenvalue weighted by Crippen LogP contribution is -2.35. The Hall–Kier alpha value is -3.15. The largest absolute Gasteiger partial charge is 0.323 e. The maximum absolute atomic E-state index is 12.7. The van der Waals surface area contributed by atoms with Crippen LogP contribution in [0.3, 0.4) is 0 Å². The number of carbonyl (C=O) groups is 1. The van der Waals surface area contributed by atoms with Gasteiger partial charge in [0.15, 0.2) is 5.82 Å². The lowest BCUT2D eigenvalue weighted by atomic mass is 10.1. The van der Waals surface area contributed by atoms with E-state index in [1.807, 2.05) is 55.6 Å². The van der Waals surface area contributed by atoms with E-state index >= 15 is 0 Å². The van der Waals surface area contributed by atoms with Crippen molar-refractivity contribution in [2.24, 2.45) is 0 Å². The number of para-hydroxylation sites is 1. The second kappa shape index (κ2) is 7.82. The Morgan fingerprint density at radius 1 is 1.19 bits per heavy atom. The van der Waals surface area contributed by atoms with Gasteiger partial charge in [-0.25, -0.2) is 9.48 Å². The number of hydrogen-bond donors (Lipinski definition) is 1. The molecule has 0 aliphatic heterocycles. The average Bonchev–Trinajstić information content (AvgIpc) is 3.04. The third-order valence-electron chi connectivity index (χ3n) is 4.41. The van der Waals surface area contributed by atoms with Gasteiger partial charge in [0, 0.05) is 31.2 Å². The smallest absolute Gasteiger partial charge is 0.321 e. The van der Waals surface area contributed by atoms with Crippen LogP contribution in [0, 0.1) is 6.92 Å². The Labute approximate surface area is 153 Å². The number of rotatable bonds is 5. The molecule has 0 bridgehead atoms. The predicted octanol–water partition coefficient (Wildman–Crippen LogP) is 4.19. The van der Waals surface area contributed by atoms with Crippen molar-refractivity contribution in [2.45, 2.75) is 26.3 Å². The first kappa shape index (κ1) is 17.7. The molecule has 0 aliphatic rings. The Kier molecular flexibility index (Phi) is 5.31. The predicted molar refractivity (Wildman–Crippen MR) is 102 cm³/mol. The molecule has 1 N–H and O–H groups in total. The molecule has 1 aromatic carbocycles. The van der Waals surface area contributed by atoms with Crippen molar-refractivity contribution < 1.29 is 4.79 Å². The zero-order valence-electron chi connectivity index (χ0n) is 15.3. The number of benzene rings is 1. The number of aryl methyl sites for hydroxylation is 1. The molecule has 3 rings (SSSR count). The Morgan fingerprint density at radius 2 is 1.88 bits per heavy atom. The molecular weight excluding hydrogens is 326 g/mol. The second-order valence-electron chi connectivity index (χ2n) is 6.19. The minimum atomic E-state index is -0.185. The summed E-state index contributed by atoms with van der Waals surface area (Å²) in [5.41, 5.74) is 2.92. The highest BCUT2D eigenvalue weighted by Crippen LogP contribution is 2.23. The van der Waals surface area contributed by atoms with Gasteiger partial charge < -0.3 is 4.90 Å². The first-order valence-electron chi connectivity index (χ1n) is 8.65. The van der Waals surface area contributed by atoms with E-state index < -0.39 is 0 Å². The third kappa shape index (κ3) is 3.74. The number of hydrogen-bond acceptors (Lipinski definition) is 3. The minimum Gasteiger partial charge on any atom is -0.321 e. The van der Waals surface area contributed by atoms with Crippen molar-refractivity contribution in [3.63, 3.8) is 0 Å². The number of urea groups is 1. The normalized spacial score (nSPS) is 11.8. The summed E-state index contributed by atoms with van der Waals surface area (Å²) < 4.78 is 1.77. The third-order valence-corrected chi connectivity index (χ3v) is 4.41. The van der Waals surface area contributed by atoms with Crippen LogP contribution in [-0.4, -0.2) is 32.7 Å². The Balaban J connectivity index is 1.76. The van der Waals surface area contributed by atoms with E-state index in [1.165, 1.54) is 0 Å². The summed E-state index contributed by atoms with van der Waals surface area (Å²) in [6, 6.07) is 13.5. The van der Waals surface area contributed by atoms with Crippen molar-refractivity contribution >= 4 is 11.8 Å². The van der Waals surface area contributed by atoms with Crippen molar-refractivity contribution in [3.05, 3.63) is 72.2 Å². The maximum Gasteiger partial charge on any atom is 0.323 e. The number of carbonyl (C=O) groups excluding carboxylic acids is 1. The van der Waals surface area contributed by atoms with Crippen LogP contribution in [-0.2, 0) is 0 Å². The summed E-state index contributed by atoms with van der Waals surface area (Å²) in [5, 5.41) is 7.43. The number of pyridine rings is 1. The molecule has 26 heavy (non-hydrogen) atoms. The Bertz CT molecular complexity index is 860. The van der Waals surface area contributed by atoms with Crippen LogP contribution in [0.15, 0.2) is 61.1 Å². The number of aromatic nitrogens is 3. The summed E-state index contributed by atoms with van der Waals surface area (Å²) in [5.74, 6) is 0.565. The second-order valence-corrected chi connectivity index (χ2v) is 6.19. The highest BCUT2D eigenvalue weighted by atomic mass is 16.2. The fourth-order valence-electron chi connectivity index (χ4n) is 2.95. The lowest BCUT2D eigenvalue weighted by molar-refractivity contribution is 0.202. The van der Waals surface area contributed by atoms with Crippen molar-refractivity contribution in [1.82, 2.24) is 19.7 Å².